The molecule has 1 aliphatic rings. The van der Waals surface area contributed by atoms with Gasteiger partial charge in [0.2, 0.25) is 5.91 Å². The summed E-state index contributed by atoms with van der Waals surface area (Å²) in [5, 5.41) is 6.54. The van der Waals surface area contributed by atoms with Crippen LogP contribution in [0.3, 0.4) is 0 Å². The molecular formula is C17H26N2O2. The van der Waals surface area contributed by atoms with Gasteiger partial charge >= 0.3 is 0 Å². The molecule has 4 heteroatoms. The van der Waals surface area contributed by atoms with Crippen molar-refractivity contribution in [2.24, 2.45) is 0 Å². The summed E-state index contributed by atoms with van der Waals surface area (Å²) >= 11 is 0. The van der Waals surface area contributed by atoms with Crippen molar-refractivity contribution in [3.63, 3.8) is 0 Å². The van der Waals surface area contributed by atoms with Gasteiger partial charge in [-0.1, -0.05) is 18.6 Å². The molecule has 2 N–H and O–H groups in total. The number of benzene rings is 1. The molecule has 1 fully saturated rings. The van der Waals surface area contributed by atoms with Crippen LogP contribution in [-0.4, -0.2) is 25.6 Å². The van der Waals surface area contributed by atoms with Crippen LogP contribution < -0.4 is 15.4 Å². The number of amides is 1. The second-order valence-corrected chi connectivity index (χ2v) is 5.75. The van der Waals surface area contributed by atoms with Crippen LogP contribution in [-0.2, 0) is 4.79 Å². The molecule has 0 aliphatic carbocycles. The quantitative estimate of drug-likeness (QED) is 0.847. The van der Waals surface area contributed by atoms with Crippen LogP contribution in [0.5, 0.6) is 5.75 Å². The van der Waals surface area contributed by atoms with Crippen LogP contribution in [0.4, 0.5) is 0 Å². The smallest absolute Gasteiger partial charge is 0.220 e. The van der Waals surface area contributed by atoms with E-state index in [1.54, 1.807) is 7.11 Å². The fourth-order valence-electron chi connectivity index (χ4n) is 2.78. The molecule has 1 heterocycles. The van der Waals surface area contributed by atoms with E-state index in [1.807, 2.05) is 31.2 Å². The Morgan fingerprint density at radius 1 is 1.48 bits per heavy atom. The third-order valence-corrected chi connectivity index (χ3v) is 4.10. The first-order chi connectivity index (χ1) is 10.2. The van der Waals surface area contributed by atoms with E-state index in [9.17, 15) is 4.79 Å². The molecule has 1 unspecified atom stereocenters. The lowest BCUT2D eigenvalue weighted by Gasteiger charge is -2.23. The molecule has 4 nitrogen and oxygen atoms in total. The summed E-state index contributed by atoms with van der Waals surface area (Å²) in [7, 11) is 1.65. The lowest BCUT2D eigenvalue weighted by Crippen LogP contribution is -2.35. The van der Waals surface area contributed by atoms with E-state index in [1.165, 1.54) is 19.3 Å². The van der Waals surface area contributed by atoms with Gasteiger partial charge in [-0.05, 0) is 50.4 Å². The monoisotopic (exact) mass is 290 g/mol. The minimum atomic E-state index is 0.00640. The van der Waals surface area contributed by atoms with Crippen LogP contribution in [0.15, 0.2) is 24.3 Å². The molecule has 2 rings (SSSR count). The summed E-state index contributed by atoms with van der Waals surface area (Å²) < 4.78 is 5.22. The molecule has 1 amide bonds. The van der Waals surface area contributed by atoms with Gasteiger partial charge in [0.1, 0.15) is 5.75 Å². The third-order valence-electron chi connectivity index (χ3n) is 4.10. The first kappa shape index (κ1) is 15.8. The van der Waals surface area contributed by atoms with Crippen molar-refractivity contribution in [3.05, 3.63) is 29.8 Å². The van der Waals surface area contributed by atoms with E-state index in [0.717, 1.165) is 24.3 Å². The van der Waals surface area contributed by atoms with Gasteiger partial charge in [-0.3, -0.25) is 4.79 Å². The van der Waals surface area contributed by atoms with Gasteiger partial charge in [0.25, 0.3) is 0 Å². The summed E-state index contributed by atoms with van der Waals surface area (Å²) in [6.07, 6.45) is 5.25. The summed E-state index contributed by atoms with van der Waals surface area (Å²) in [4.78, 5) is 12.1. The Hall–Kier alpha value is -1.55. The van der Waals surface area contributed by atoms with E-state index >= 15 is 0 Å². The van der Waals surface area contributed by atoms with Crippen molar-refractivity contribution in [1.29, 1.82) is 0 Å². The van der Waals surface area contributed by atoms with E-state index in [0.29, 0.717) is 12.5 Å². The third kappa shape index (κ3) is 5.05. The number of hydrogen-bond acceptors (Lipinski definition) is 3. The van der Waals surface area contributed by atoms with Crippen molar-refractivity contribution < 1.29 is 9.53 Å². The minimum absolute atomic E-state index is 0.00640. The maximum Gasteiger partial charge on any atom is 0.220 e. The average molecular weight is 290 g/mol. The van der Waals surface area contributed by atoms with Gasteiger partial charge in [0, 0.05) is 12.5 Å². The van der Waals surface area contributed by atoms with Gasteiger partial charge < -0.3 is 15.4 Å². The highest BCUT2D eigenvalue weighted by Crippen LogP contribution is 2.19. The Kier molecular flexibility index (Phi) is 6.05. The topological polar surface area (TPSA) is 50.4 Å². The Bertz CT molecular complexity index is 456. The Morgan fingerprint density at radius 3 is 3.05 bits per heavy atom. The number of carbonyl (C=O) groups is 1. The predicted octanol–water partition coefficient (Wildman–Crippen LogP) is 2.79. The van der Waals surface area contributed by atoms with Crippen molar-refractivity contribution in [2.45, 2.75) is 51.1 Å². The van der Waals surface area contributed by atoms with Crippen molar-refractivity contribution in [3.8, 4) is 5.75 Å². The van der Waals surface area contributed by atoms with Gasteiger partial charge in [0.15, 0.2) is 0 Å². The summed E-state index contributed by atoms with van der Waals surface area (Å²) in [6, 6.07) is 8.35. The Labute approximate surface area is 127 Å². The average Bonchev–Trinajstić information content (AvgIpc) is 2.54. The van der Waals surface area contributed by atoms with Crippen LogP contribution in [0.2, 0.25) is 0 Å². The minimum Gasteiger partial charge on any atom is -0.497 e. The molecule has 0 saturated carbocycles. The molecule has 1 aromatic carbocycles. The number of carbonyl (C=O) groups excluding carboxylic acids is 1. The highest BCUT2D eigenvalue weighted by atomic mass is 16.5. The predicted molar refractivity (Wildman–Crippen MR) is 84.4 cm³/mol. The molecule has 1 saturated heterocycles. The molecule has 116 valence electrons. The van der Waals surface area contributed by atoms with Crippen molar-refractivity contribution in [1.82, 2.24) is 10.6 Å². The lowest BCUT2D eigenvalue weighted by atomic mass is 10.00. The maximum absolute atomic E-state index is 12.1. The zero-order chi connectivity index (χ0) is 15.1. The summed E-state index contributed by atoms with van der Waals surface area (Å²) in [6.45, 7) is 3.10. The SMILES string of the molecule is COc1cccc([C@@H](C)NC(=O)CCC2CCCCN2)c1. The second kappa shape index (κ2) is 8.03. The lowest BCUT2D eigenvalue weighted by molar-refractivity contribution is -0.122. The van der Waals surface area contributed by atoms with Gasteiger partial charge in [-0.2, -0.15) is 0 Å². The normalized spacial score (nSPS) is 19.8. The van der Waals surface area contributed by atoms with E-state index < -0.39 is 0 Å². The van der Waals surface area contributed by atoms with Crippen LogP contribution >= 0.6 is 0 Å². The number of piperidine rings is 1. The molecule has 1 aromatic rings. The number of rotatable bonds is 6. The molecule has 0 aromatic heterocycles. The zero-order valence-electron chi connectivity index (χ0n) is 13.0. The van der Waals surface area contributed by atoms with E-state index in [-0.39, 0.29) is 11.9 Å². The molecule has 0 radical (unpaired) electrons. The standard InChI is InChI=1S/C17H26N2O2/c1-13(14-6-5-8-16(12-14)21-2)19-17(20)10-9-15-7-3-4-11-18-15/h5-6,8,12-13,15,18H,3-4,7,9-11H2,1-2H3,(H,19,20)/t13-,15?/m1/s1. The van der Waals surface area contributed by atoms with E-state index in [2.05, 4.69) is 10.6 Å². The summed E-state index contributed by atoms with van der Waals surface area (Å²) in [5.41, 5.74) is 1.07. The number of ether oxygens (including phenoxy) is 1. The van der Waals surface area contributed by atoms with Crippen molar-refractivity contribution >= 4 is 5.91 Å². The van der Waals surface area contributed by atoms with Gasteiger partial charge in [0.05, 0.1) is 13.2 Å². The maximum atomic E-state index is 12.1. The second-order valence-electron chi connectivity index (χ2n) is 5.75. The molecule has 2 atom stereocenters. The molecule has 0 spiro atoms. The zero-order valence-corrected chi connectivity index (χ0v) is 13.0. The number of methoxy groups -OCH3 is 1. The van der Waals surface area contributed by atoms with E-state index in [4.69, 9.17) is 4.74 Å². The fraction of sp³-hybridized carbons (Fsp3) is 0.588. The van der Waals surface area contributed by atoms with Crippen LogP contribution in [0, 0.1) is 0 Å². The van der Waals surface area contributed by atoms with Crippen LogP contribution in [0.25, 0.3) is 0 Å². The molecule has 21 heavy (non-hydrogen) atoms. The highest BCUT2D eigenvalue weighted by Gasteiger charge is 2.15. The summed E-state index contributed by atoms with van der Waals surface area (Å²) in [5.74, 6) is 0.942. The molecular weight excluding hydrogens is 264 g/mol. The molecule has 1 aliphatic heterocycles. The Balaban J connectivity index is 1.78. The van der Waals surface area contributed by atoms with Gasteiger partial charge in [-0.15, -0.1) is 0 Å². The Morgan fingerprint density at radius 2 is 2.33 bits per heavy atom. The number of nitrogens with one attached hydrogen (secondary N) is 2. The first-order valence-electron chi connectivity index (χ1n) is 7.85. The molecule has 0 bridgehead atoms. The first-order valence-corrected chi connectivity index (χ1v) is 7.85. The number of hydrogen-bond donors (Lipinski definition) is 2. The van der Waals surface area contributed by atoms with Gasteiger partial charge in [-0.25, -0.2) is 0 Å². The largest absolute Gasteiger partial charge is 0.497 e. The highest BCUT2D eigenvalue weighted by molar-refractivity contribution is 5.76. The van der Waals surface area contributed by atoms with Crippen LogP contribution in [0.1, 0.15) is 50.6 Å². The fourth-order valence-corrected chi connectivity index (χ4v) is 2.78. The van der Waals surface area contributed by atoms with Crippen molar-refractivity contribution in [2.75, 3.05) is 13.7 Å².